The molecule has 0 spiro atoms. The minimum atomic E-state index is -0.0375. The predicted octanol–water partition coefficient (Wildman–Crippen LogP) is 2.66. The van der Waals surface area contributed by atoms with Crippen LogP contribution in [0.4, 0.5) is 0 Å². The Morgan fingerprint density at radius 2 is 2.00 bits per heavy atom. The molecule has 1 heterocycles. The lowest BCUT2D eigenvalue weighted by Gasteiger charge is -2.28. The fourth-order valence-electron chi connectivity index (χ4n) is 2.73. The zero-order valence-corrected chi connectivity index (χ0v) is 12.8. The zero-order chi connectivity index (χ0) is 13.4. The first kappa shape index (κ1) is 15.9. The van der Waals surface area contributed by atoms with Crippen molar-refractivity contribution in [1.82, 2.24) is 10.2 Å². The second-order valence-corrected chi connectivity index (χ2v) is 6.04. The van der Waals surface area contributed by atoms with E-state index in [-0.39, 0.29) is 5.60 Å². The fraction of sp³-hybridized carbons (Fsp3) is 1.00. The molecule has 0 saturated carbocycles. The van der Waals surface area contributed by atoms with Crippen LogP contribution in [0.25, 0.3) is 0 Å². The van der Waals surface area contributed by atoms with Crippen molar-refractivity contribution in [3.05, 3.63) is 0 Å². The fourth-order valence-corrected chi connectivity index (χ4v) is 2.73. The predicted molar refractivity (Wildman–Crippen MR) is 78.1 cm³/mol. The Hall–Kier alpha value is -0.120. The SMILES string of the molecule is CCCN1CCCC(NCC(C)(C)OCC)CC1. The zero-order valence-electron chi connectivity index (χ0n) is 12.8. The summed E-state index contributed by atoms with van der Waals surface area (Å²) in [6.07, 6.45) is 5.19. The van der Waals surface area contributed by atoms with E-state index >= 15 is 0 Å². The van der Waals surface area contributed by atoms with Gasteiger partial charge in [0.2, 0.25) is 0 Å². The third kappa shape index (κ3) is 6.17. The monoisotopic (exact) mass is 256 g/mol. The van der Waals surface area contributed by atoms with Crippen molar-refractivity contribution >= 4 is 0 Å². The van der Waals surface area contributed by atoms with E-state index in [9.17, 15) is 0 Å². The summed E-state index contributed by atoms with van der Waals surface area (Å²) in [5.41, 5.74) is -0.0375. The molecular weight excluding hydrogens is 224 g/mol. The minimum absolute atomic E-state index is 0.0375. The van der Waals surface area contributed by atoms with Gasteiger partial charge in [0, 0.05) is 19.2 Å². The molecule has 1 atom stereocenters. The molecule has 0 aliphatic carbocycles. The van der Waals surface area contributed by atoms with Gasteiger partial charge in [0.15, 0.2) is 0 Å². The lowest BCUT2D eigenvalue weighted by atomic mass is 10.1. The van der Waals surface area contributed by atoms with E-state index in [1.165, 1.54) is 45.3 Å². The highest BCUT2D eigenvalue weighted by Crippen LogP contribution is 2.13. The van der Waals surface area contributed by atoms with Gasteiger partial charge in [-0.25, -0.2) is 0 Å². The van der Waals surface area contributed by atoms with E-state index in [2.05, 4.69) is 37.9 Å². The van der Waals surface area contributed by atoms with Gasteiger partial charge < -0.3 is 15.0 Å². The molecule has 1 rings (SSSR count). The van der Waals surface area contributed by atoms with Crippen LogP contribution >= 0.6 is 0 Å². The molecule has 0 amide bonds. The van der Waals surface area contributed by atoms with E-state index in [1.54, 1.807) is 0 Å². The van der Waals surface area contributed by atoms with Gasteiger partial charge in [-0.05, 0) is 66.1 Å². The standard InChI is InChI=1S/C15H32N2O/c1-5-10-17-11-7-8-14(9-12-17)16-13-15(3,4)18-6-2/h14,16H,5-13H2,1-4H3. The summed E-state index contributed by atoms with van der Waals surface area (Å²) in [6.45, 7) is 14.2. The maximum atomic E-state index is 5.74. The second-order valence-electron chi connectivity index (χ2n) is 6.04. The van der Waals surface area contributed by atoms with Crippen molar-refractivity contribution in [2.24, 2.45) is 0 Å². The molecule has 0 aromatic carbocycles. The van der Waals surface area contributed by atoms with E-state index < -0.39 is 0 Å². The Kier molecular flexibility index (Phi) is 7.20. The molecule has 0 aromatic rings. The van der Waals surface area contributed by atoms with Crippen molar-refractivity contribution in [2.75, 3.05) is 32.8 Å². The molecule has 1 saturated heterocycles. The lowest BCUT2D eigenvalue weighted by molar-refractivity contribution is -0.0108. The highest BCUT2D eigenvalue weighted by Gasteiger charge is 2.21. The Morgan fingerprint density at radius 1 is 1.22 bits per heavy atom. The molecule has 0 radical (unpaired) electrons. The van der Waals surface area contributed by atoms with Crippen LogP contribution < -0.4 is 5.32 Å². The maximum Gasteiger partial charge on any atom is 0.0750 e. The Labute approximate surface area is 113 Å². The number of ether oxygens (including phenoxy) is 1. The van der Waals surface area contributed by atoms with Crippen LogP contribution in [0, 0.1) is 0 Å². The summed E-state index contributed by atoms with van der Waals surface area (Å²) in [5.74, 6) is 0. The van der Waals surface area contributed by atoms with Crippen LogP contribution in [0.15, 0.2) is 0 Å². The van der Waals surface area contributed by atoms with Crippen molar-refractivity contribution in [3.8, 4) is 0 Å². The van der Waals surface area contributed by atoms with Crippen molar-refractivity contribution in [3.63, 3.8) is 0 Å². The van der Waals surface area contributed by atoms with E-state index in [0.29, 0.717) is 6.04 Å². The number of likely N-dealkylation sites (tertiary alicyclic amines) is 1. The van der Waals surface area contributed by atoms with Crippen LogP contribution in [-0.4, -0.2) is 49.3 Å². The third-order valence-corrected chi connectivity index (χ3v) is 3.71. The highest BCUT2D eigenvalue weighted by molar-refractivity contribution is 4.79. The first-order chi connectivity index (χ1) is 8.57. The number of hydrogen-bond acceptors (Lipinski definition) is 3. The van der Waals surface area contributed by atoms with Crippen molar-refractivity contribution < 1.29 is 4.74 Å². The average Bonchev–Trinajstić information content (AvgIpc) is 2.53. The molecule has 1 aliphatic rings. The summed E-state index contributed by atoms with van der Waals surface area (Å²) in [5, 5.41) is 3.70. The summed E-state index contributed by atoms with van der Waals surface area (Å²) >= 11 is 0. The topological polar surface area (TPSA) is 24.5 Å². The molecule has 1 N–H and O–H groups in total. The lowest BCUT2D eigenvalue weighted by Crippen LogP contribution is -2.42. The normalized spacial score (nSPS) is 23.0. The van der Waals surface area contributed by atoms with Gasteiger partial charge in [-0.15, -0.1) is 0 Å². The van der Waals surface area contributed by atoms with Gasteiger partial charge >= 0.3 is 0 Å². The molecule has 1 aliphatic heterocycles. The molecule has 18 heavy (non-hydrogen) atoms. The van der Waals surface area contributed by atoms with Crippen LogP contribution in [0.5, 0.6) is 0 Å². The largest absolute Gasteiger partial charge is 0.375 e. The smallest absolute Gasteiger partial charge is 0.0750 e. The Balaban J connectivity index is 2.27. The number of rotatable bonds is 7. The van der Waals surface area contributed by atoms with Gasteiger partial charge in [0.25, 0.3) is 0 Å². The van der Waals surface area contributed by atoms with Crippen molar-refractivity contribution in [1.29, 1.82) is 0 Å². The Morgan fingerprint density at radius 3 is 2.67 bits per heavy atom. The van der Waals surface area contributed by atoms with Gasteiger partial charge in [-0.2, -0.15) is 0 Å². The van der Waals surface area contributed by atoms with Crippen LogP contribution in [0.2, 0.25) is 0 Å². The maximum absolute atomic E-state index is 5.74. The summed E-state index contributed by atoms with van der Waals surface area (Å²) in [6, 6.07) is 0.673. The van der Waals surface area contributed by atoms with Crippen LogP contribution in [0.3, 0.4) is 0 Å². The van der Waals surface area contributed by atoms with Gasteiger partial charge in [0.05, 0.1) is 5.60 Å². The van der Waals surface area contributed by atoms with E-state index in [0.717, 1.165) is 13.2 Å². The van der Waals surface area contributed by atoms with E-state index in [1.807, 2.05) is 0 Å². The van der Waals surface area contributed by atoms with Crippen molar-refractivity contribution in [2.45, 2.75) is 65.0 Å². The molecule has 3 heteroatoms. The van der Waals surface area contributed by atoms with E-state index in [4.69, 9.17) is 4.74 Å². The first-order valence-electron chi connectivity index (χ1n) is 7.67. The Bertz CT molecular complexity index is 219. The molecule has 108 valence electrons. The second kappa shape index (κ2) is 8.13. The molecule has 3 nitrogen and oxygen atoms in total. The molecule has 0 aromatic heterocycles. The van der Waals surface area contributed by atoms with Crippen LogP contribution in [0.1, 0.15) is 53.4 Å². The molecular formula is C15H32N2O. The third-order valence-electron chi connectivity index (χ3n) is 3.71. The highest BCUT2D eigenvalue weighted by atomic mass is 16.5. The van der Waals surface area contributed by atoms with Gasteiger partial charge in [-0.1, -0.05) is 6.92 Å². The number of nitrogens with zero attached hydrogens (tertiary/aromatic N) is 1. The molecule has 1 fully saturated rings. The first-order valence-corrected chi connectivity index (χ1v) is 7.67. The summed E-state index contributed by atoms with van der Waals surface area (Å²) in [4.78, 5) is 2.61. The van der Waals surface area contributed by atoms with Gasteiger partial charge in [0.1, 0.15) is 0 Å². The minimum Gasteiger partial charge on any atom is -0.375 e. The number of nitrogens with one attached hydrogen (secondary N) is 1. The molecule has 0 bridgehead atoms. The molecule has 1 unspecified atom stereocenters. The summed E-state index contributed by atoms with van der Waals surface area (Å²) in [7, 11) is 0. The number of hydrogen-bond donors (Lipinski definition) is 1. The van der Waals surface area contributed by atoms with Crippen LogP contribution in [-0.2, 0) is 4.74 Å². The average molecular weight is 256 g/mol. The van der Waals surface area contributed by atoms with Gasteiger partial charge in [-0.3, -0.25) is 0 Å². The summed E-state index contributed by atoms with van der Waals surface area (Å²) < 4.78 is 5.74. The quantitative estimate of drug-likeness (QED) is 0.758.